The van der Waals surface area contributed by atoms with Gasteiger partial charge in [0.1, 0.15) is 0 Å². The molecule has 3 heteroatoms. The number of piperazine rings is 1. The summed E-state index contributed by atoms with van der Waals surface area (Å²) in [6.45, 7) is 14.9. The molecule has 2 heterocycles. The first-order valence-electron chi connectivity index (χ1n) is 6.79. The molecule has 1 N–H and O–H groups in total. The van der Waals surface area contributed by atoms with Crippen LogP contribution < -0.4 is 5.32 Å². The van der Waals surface area contributed by atoms with Crippen LogP contribution in [0.5, 0.6) is 0 Å². The fourth-order valence-electron chi connectivity index (χ4n) is 2.80. The third-order valence-electron chi connectivity index (χ3n) is 3.75. The van der Waals surface area contributed by atoms with E-state index in [1.807, 2.05) is 11.3 Å². The van der Waals surface area contributed by atoms with Crippen LogP contribution in [0.4, 0.5) is 0 Å². The summed E-state index contributed by atoms with van der Waals surface area (Å²) in [7, 11) is 0. The number of nitrogens with one attached hydrogen (secondary N) is 1. The molecular weight excluding hydrogens is 240 g/mol. The van der Waals surface area contributed by atoms with Gasteiger partial charge in [0.2, 0.25) is 0 Å². The third kappa shape index (κ3) is 3.34. The molecule has 0 radical (unpaired) electrons. The van der Waals surface area contributed by atoms with E-state index in [0.717, 1.165) is 19.6 Å². The lowest BCUT2D eigenvalue weighted by Gasteiger charge is -2.49. The van der Waals surface area contributed by atoms with Gasteiger partial charge in [0, 0.05) is 36.1 Å². The molecule has 0 amide bonds. The molecule has 18 heavy (non-hydrogen) atoms. The smallest absolute Gasteiger partial charge is 0.0332 e. The maximum absolute atomic E-state index is 3.69. The van der Waals surface area contributed by atoms with Gasteiger partial charge in [-0.1, -0.05) is 26.8 Å². The average molecular weight is 266 g/mol. The summed E-state index contributed by atoms with van der Waals surface area (Å²) in [4.78, 5) is 4.13. The van der Waals surface area contributed by atoms with Crippen LogP contribution in [0.15, 0.2) is 17.5 Å². The quantitative estimate of drug-likeness (QED) is 0.883. The van der Waals surface area contributed by atoms with Crippen molar-refractivity contribution in [3.8, 4) is 0 Å². The Morgan fingerprint density at radius 2 is 2.17 bits per heavy atom. The van der Waals surface area contributed by atoms with Gasteiger partial charge in [0.15, 0.2) is 0 Å². The highest BCUT2D eigenvalue weighted by Crippen LogP contribution is 2.30. The van der Waals surface area contributed by atoms with Crippen molar-refractivity contribution < 1.29 is 0 Å². The Morgan fingerprint density at radius 3 is 2.72 bits per heavy atom. The Morgan fingerprint density at radius 1 is 1.44 bits per heavy atom. The van der Waals surface area contributed by atoms with Gasteiger partial charge in [-0.15, -0.1) is 11.3 Å². The molecule has 1 atom stereocenters. The van der Waals surface area contributed by atoms with Gasteiger partial charge >= 0.3 is 0 Å². The summed E-state index contributed by atoms with van der Waals surface area (Å²) in [5.74, 6) is 0. The number of thiophene rings is 1. The Bertz CT molecular complexity index is 376. The molecule has 0 spiro atoms. The highest BCUT2D eigenvalue weighted by atomic mass is 32.1. The minimum atomic E-state index is 0.221. The molecule has 1 aromatic rings. The van der Waals surface area contributed by atoms with Crippen LogP contribution in [0, 0.1) is 5.41 Å². The Balaban J connectivity index is 2.14. The minimum Gasteiger partial charge on any atom is -0.309 e. The SMILES string of the molecule is CC1(C)CN(Cc2cccs2)C(C(C)(C)C)CN1. The van der Waals surface area contributed by atoms with Gasteiger partial charge in [-0.25, -0.2) is 0 Å². The Labute approximate surface area is 115 Å². The normalized spacial score (nSPS) is 25.3. The summed E-state index contributed by atoms with van der Waals surface area (Å²) in [5.41, 5.74) is 0.541. The van der Waals surface area contributed by atoms with E-state index in [1.54, 1.807) is 0 Å². The first-order valence-corrected chi connectivity index (χ1v) is 7.67. The number of hydrogen-bond donors (Lipinski definition) is 1. The zero-order valence-electron chi connectivity index (χ0n) is 12.3. The second-order valence-electron chi connectivity index (χ2n) is 7.13. The van der Waals surface area contributed by atoms with Crippen molar-refractivity contribution in [2.24, 2.45) is 5.41 Å². The standard InChI is InChI=1S/C15H26N2S/c1-14(2,3)13-9-16-15(4,5)11-17(13)10-12-7-6-8-18-12/h6-8,13,16H,9-11H2,1-5H3. The monoisotopic (exact) mass is 266 g/mol. The average Bonchev–Trinajstić information content (AvgIpc) is 2.66. The largest absolute Gasteiger partial charge is 0.309 e. The number of nitrogens with zero attached hydrogens (tertiary/aromatic N) is 1. The molecule has 1 fully saturated rings. The van der Waals surface area contributed by atoms with E-state index in [1.165, 1.54) is 4.88 Å². The van der Waals surface area contributed by atoms with Crippen LogP contribution >= 0.6 is 11.3 Å². The predicted octanol–water partition coefficient (Wildman–Crippen LogP) is 3.35. The van der Waals surface area contributed by atoms with E-state index in [2.05, 4.69) is 62.3 Å². The van der Waals surface area contributed by atoms with Gasteiger partial charge in [0.05, 0.1) is 0 Å². The van der Waals surface area contributed by atoms with Crippen LogP contribution in [-0.2, 0) is 6.54 Å². The Hall–Kier alpha value is -0.380. The highest BCUT2D eigenvalue weighted by Gasteiger charge is 2.38. The van der Waals surface area contributed by atoms with E-state index < -0.39 is 0 Å². The van der Waals surface area contributed by atoms with Gasteiger partial charge in [-0.3, -0.25) is 4.90 Å². The molecule has 0 aliphatic carbocycles. The summed E-state index contributed by atoms with van der Waals surface area (Å²) >= 11 is 1.87. The second-order valence-corrected chi connectivity index (χ2v) is 8.16. The van der Waals surface area contributed by atoms with Gasteiger partial charge < -0.3 is 5.32 Å². The zero-order chi connectivity index (χ0) is 13.4. The molecule has 1 aliphatic heterocycles. The molecular formula is C15H26N2S. The van der Waals surface area contributed by atoms with E-state index in [9.17, 15) is 0 Å². The number of rotatable bonds is 2. The molecule has 0 aromatic carbocycles. The van der Waals surface area contributed by atoms with E-state index in [0.29, 0.717) is 11.5 Å². The van der Waals surface area contributed by atoms with Gasteiger partial charge in [-0.05, 0) is 30.7 Å². The summed E-state index contributed by atoms with van der Waals surface area (Å²) < 4.78 is 0. The lowest BCUT2D eigenvalue weighted by molar-refractivity contribution is 0.0279. The van der Waals surface area contributed by atoms with Crippen molar-refractivity contribution in [3.05, 3.63) is 22.4 Å². The molecule has 0 bridgehead atoms. The maximum atomic E-state index is 3.69. The predicted molar refractivity (Wildman–Crippen MR) is 80.1 cm³/mol. The van der Waals surface area contributed by atoms with Crippen molar-refractivity contribution in [3.63, 3.8) is 0 Å². The van der Waals surface area contributed by atoms with Crippen molar-refractivity contribution in [2.45, 2.75) is 52.7 Å². The Kier molecular flexibility index (Phi) is 3.86. The zero-order valence-corrected chi connectivity index (χ0v) is 13.1. The molecule has 102 valence electrons. The first kappa shape index (κ1) is 14.0. The molecule has 1 saturated heterocycles. The van der Waals surface area contributed by atoms with E-state index in [-0.39, 0.29) is 5.54 Å². The lowest BCUT2D eigenvalue weighted by Crippen LogP contribution is -2.64. The summed E-state index contributed by atoms with van der Waals surface area (Å²) in [6, 6.07) is 5.01. The van der Waals surface area contributed by atoms with Gasteiger partial charge in [-0.2, -0.15) is 0 Å². The molecule has 2 rings (SSSR count). The molecule has 1 aliphatic rings. The van der Waals surface area contributed by atoms with Crippen molar-refractivity contribution in [2.75, 3.05) is 13.1 Å². The van der Waals surface area contributed by atoms with Crippen molar-refractivity contribution in [1.82, 2.24) is 10.2 Å². The third-order valence-corrected chi connectivity index (χ3v) is 4.61. The number of hydrogen-bond acceptors (Lipinski definition) is 3. The van der Waals surface area contributed by atoms with Crippen LogP contribution in [0.1, 0.15) is 39.5 Å². The summed E-state index contributed by atoms with van der Waals surface area (Å²) in [6.07, 6.45) is 0. The lowest BCUT2D eigenvalue weighted by atomic mass is 9.82. The van der Waals surface area contributed by atoms with E-state index in [4.69, 9.17) is 0 Å². The van der Waals surface area contributed by atoms with Crippen LogP contribution in [-0.4, -0.2) is 29.6 Å². The highest BCUT2D eigenvalue weighted by molar-refractivity contribution is 7.09. The fourth-order valence-corrected chi connectivity index (χ4v) is 3.53. The molecule has 0 saturated carbocycles. The van der Waals surface area contributed by atoms with Crippen LogP contribution in [0.2, 0.25) is 0 Å². The van der Waals surface area contributed by atoms with Crippen molar-refractivity contribution in [1.29, 1.82) is 0 Å². The molecule has 1 unspecified atom stereocenters. The van der Waals surface area contributed by atoms with Crippen molar-refractivity contribution >= 4 is 11.3 Å². The first-order chi connectivity index (χ1) is 8.28. The minimum absolute atomic E-state index is 0.221. The van der Waals surface area contributed by atoms with E-state index >= 15 is 0 Å². The van der Waals surface area contributed by atoms with Gasteiger partial charge in [0.25, 0.3) is 0 Å². The van der Waals surface area contributed by atoms with Crippen LogP contribution in [0.3, 0.4) is 0 Å². The topological polar surface area (TPSA) is 15.3 Å². The van der Waals surface area contributed by atoms with Crippen LogP contribution in [0.25, 0.3) is 0 Å². The summed E-state index contributed by atoms with van der Waals surface area (Å²) in [5, 5.41) is 5.86. The maximum Gasteiger partial charge on any atom is 0.0332 e. The molecule has 2 nitrogen and oxygen atoms in total. The fraction of sp³-hybridized carbons (Fsp3) is 0.733. The second kappa shape index (κ2) is 4.95. The molecule has 1 aromatic heterocycles.